The average molecular weight is 417 g/mol. The van der Waals surface area contributed by atoms with Crippen molar-refractivity contribution in [1.82, 2.24) is 0 Å². The predicted molar refractivity (Wildman–Crippen MR) is 117 cm³/mol. The Morgan fingerprint density at radius 3 is 2.47 bits per heavy atom. The number of carboxylic acid groups (broad SMARTS) is 1. The molecule has 0 heterocycles. The Kier molecular flexibility index (Phi) is 5.70. The zero-order chi connectivity index (χ0) is 21.8. The molecule has 4 saturated carbocycles. The van der Waals surface area contributed by atoms with Crippen molar-refractivity contribution >= 4 is 11.8 Å². The molecule has 0 spiro atoms. The minimum atomic E-state index is -0.705. The van der Waals surface area contributed by atoms with Crippen molar-refractivity contribution in [1.29, 1.82) is 0 Å². The van der Waals surface area contributed by atoms with Crippen LogP contribution in [0.4, 0.5) is 0 Å². The lowest BCUT2D eigenvalue weighted by molar-refractivity contribution is -0.150. The zero-order valence-electron chi connectivity index (χ0n) is 19.2. The minimum absolute atomic E-state index is 0.114. The number of aliphatic carboxylic acids is 1. The lowest BCUT2D eigenvalue weighted by atomic mass is 9.43. The Hall–Kier alpha value is -1.16. The second-order valence-corrected chi connectivity index (χ2v) is 11.5. The standard InChI is InChI=1S/C26H40O4/c1-5-17-21-14-16(27)10-12-26(21,4)20-11-13-25(3)18(15(2)6-9-22(28)29)7-8-19(25)23(20)24(17)30/h5,15-16,18-21,23,27H,6-14H2,1-4H3,(H,28,29)/t15?,16-,18?,19?,20?,21+,23+,25-,26-/m1/s1. The summed E-state index contributed by atoms with van der Waals surface area (Å²) in [6, 6.07) is 0. The molecule has 168 valence electrons. The quantitative estimate of drug-likeness (QED) is 0.614. The van der Waals surface area contributed by atoms with Crippen LogP contribution in [0, 0.1) is 46.3 Å². The molecular weight excluding hydrogens is 376 g/mol. The van der Waals surface area contributed by atoms with E-state index >= 15 is 0 Å². The molecule has 0 aliphatic heterocycles. The maximum absolute atomic E-state index is 13.8. The highest BCUT2D eigenvalue weighted by Crippen LogP contribution is 2.68. The highest BCUT2D eigenvalue weighted by atomic mass is 16.4. The van der Waals surface area contributed by atoms with E-state index in [4.69, 9.17) is 5.11 Å². The molecule has 0 amide bonds. The van der Waals surface area contributed by atoms with Crippen LogP contribution in [0.15, 0.2) is 11.6 Å². The van der Waals surface area contributed by atoms with Crippen molar-refractivity contribution in [3.05, 3.63) is 11.6 Å². The molecule has 4 rings (SSSR count). The van der Waals surface area contributed by atoms with Crippen molar-refractivity contribution in [2.24, 2.45) is 46.3 Å². The number of aliphatic hydroxyl groups is 1. The van der Waals surface area contributed by atoms with E-state index in [-0.39, 0.29) is 35.2 Å². The first-order valence-electron chi connectivity index (χ1n) is 12.2. The monoisotopic (exact) mass is 416 g/mol. The van der Waals surface area contributed by atoms with Crippen LogP contribution in [0.25, 0.3) is 0 Å². The van der Waals surface area contributed by atoms with Gasteiger partial charge < -0.3 is 10.2 Å². The van der Waals surface area contributed by atoms with Gasteiger partial charge in [-0.25, -0.2) is 0 Å². The molecule has 4 heteroatoms. The average Bonchev–Trinajstić information content (AvgIpc) is 3.05. The topological polar surface area (TPSA) is 74.6 Å². The number of Topliss-reactive ketones (excluding diaryl/α,β-unsaturated/α-hetero) is 1. The lowest BCUT2D eigenvalue weighted by Gasteiger charge is -2.61. The number of carboxylic acids is 1. The molecule has 0 saturated heterocycles. The molecule has 0 radical (unpaired) electrons. The van der Waals surface area contributed by atoms with Crippen molar-refractivity contribution in [2.45, 2.75) is 91.6 Å². The van der Waals surface area contributed by atoms with E-state index in [1.807, 2.05) is 13.0 Å². The normalized spacial score (nSPS) is 48.0. The van der Waals surface area contributed by atoms with Gasteiger partial charge in [0.15, 0.2) is 5.78 Å². The Morgan fingerprint density at radius 2 is 1.80 bits per heavy atom. The summed E-state index contributed by atoms with van der Waals surface area (Å²) in [5, 5.41) is 19.5. The molecular formula is C26H40O4. The van der Waals surface area contributed by atoms with Gasteiger partial charge in [-0.15, -0.1) is 0 Å². The second kappa shape index (κ2) is 7.76. The van der Waals surface area contributed by atoms with Crippen LogP contribution in [0.5, 0.6) is 0 Å². The highest BCUT2D eigenvalue weighted by molar-refractivity contribution is 5.99. The lowest BCUT2D eigenvalue weighted by Crippen LogP contribution is -2.58. The van der Waals surface area contributed by atoms with E-state index in [0.717, 1.165) is 56.9 Å². The summed E-state index contributed by atoms with van der Waals surface area (Å²) in [5.41, 5.74) is 1.25. The third-order valence-corrected chi connectivity index (χ3v) is 10.3. The minimum Gasteiger partial charge on any atom is -0.481 e. The van der Waals surface area contributed by atoms with E-state index < -0.39 is 5.97 Å². The van der Waals surface area contributed by atoms with Gasteiger partial charge in [0.2, 0.25) is 0 Å². The molecule has 2 N–H and O–H groups in total. The predicted octanol–water partition coefficient (Wildman–Crippen LogP) is 5.24. The third-order valence-electron chi connectivity index (χ3n) is 10.3. The maximum Gasteiger partial charge on any atom is 0.303 e. The van der Waals surface area contributed by atoms with Crippen LogP contribution in [0.2, 0.25) is 0 Å². The van der Waals surface area contributed by atoms with Crippen LogP contribution in [0.3, 0.4) is 0 Å². The number of fused-ring (bicyclic) bond motifs is 5. The first-order valence-corrected chi connectivity index (χ1v) is 12.2. The second-order valence-electron chi connectivity index (χ2n) is 11.5. The molecule has 4 aliphatic carbocycles. The molecule has 0 aromatic rings. The van der Waals surface area contributed by atoms with Gasteiger partial charge >= 0.3 is 5.97 Å². The van der Waals surface area contributed by atoms with Gasteiger partial charge in [-0.3, -0.25) is 9.59 Å². The fourth-order valence-corrected chi connectivity index (χ4v) is 8.72. The molecule has 0 aromatic heterocycles. The molecule has 4 fully saturated rings. The Bertz CT molecular complexity index is 741. The van der Waals surface area contributed by atoms with Gasteiger partial charge in [-0.05, 0) is 104 Å². The molecule has 0 bridgehead atoms. The van der Waals surface area contributed by atoms with Crippen LogP contribution in [0.1, 0.15) is 85.5 Å². The number of ketones is 1. The van der Waals surface area contributed by atoms with E-state index in [9.17, 15) is 14.7 Å². The van der Waals surface area contributed by atoms with Crippen molar-refractivity contribution in [2.75, 3.05) is 0 Å². The number of rotatable bonds is 4. The van der Waals surface area contributed by atoms with E-state index in [0.29, 0.717) is 29.5 Å². The summed E-state index contributed by atoms with van der Waals surface area (Å²) in [6.45, 7) is 9.04. The maximum atomic E-state index is 13.8. The van der Waals surface area contributed by atoms with Gasteiger partial charge in [0, 0.05) is 12.3 Å². The first kappa shape index (κ1) is 22.0. The van der Waals surface area contributed by atoms with E-state index in [1.54, 1.807) is 0 Å². The number of aliphatic hydroxyl groups excluding tert-OH is 1. The van der Waals surface area contributed by atoms with Crippen LogP contribution in [-0.2, 0) is 9.59 Å². The fraction of sp³-hybridized carbons (Fsp3) is 0.846. The Labute approximate surface area is 181 Å². The van der Waals surface area contributed by atoms with Gasteiger partial charge in [-0.1, -0.05) is 26.8 Å². The summed E-state index contributed by atoms with van der Waals surface area (Å²) >= 11 is 0. The summed E-state index contributed by atoms with van der Waals surface area (Å²) in [5.74, 6) is 1.74. The molecule has 4 aliphatic rings. The first-order chi connectivity index (χ1) is 14.1. The largest absolute Gasteiger partial charge is 0.481 e. The fourth-order valence-electron chi connectivity index (χ4n) is 8.72. The van der Waals surface area contributed by atoms with E-state index in [1.165, 1.54) is 0 Å². The number of carbonyl (C=O) groups excluding carboxylic acids is 1. The zero-order valence-corrected chi connectivity index (χ0v) is 19.2. The third kappa shape index (κ3) is 3.20. The molecule has 9 atom stereocenters. The SMILES string of the molecule is CC=C1C(=O)[C@H]2C3CCC(C(C)CCC(=O)O)[C@@]3(C)CCC2[C@@]2(C)CC[C@@H](O)C[C@@H]12. The number of allylic oxidation sites excluding steroid dienone is 2. The molecule has 0 aromatic carbocycles. The Balaban J connectivity index is 1.64. The highest BCUT2D eigenvalue weighted by Gasteiger charge is 2.64. The van der Waals surface area contributed by atoms with Crippen molar-refractivity contribution in [3.8, 4) is 0 Å². The molecule has 30 heavy (non-hydrogen) atoms. The summed E-state index contributed by atoms with van der Waals surface area (Å²) in [6.07, 6.45) is 9.86. The Morgan fingerprint density at radius 1 is 1.13 bits per heavy atom. The van der Waals surface area contributed by atoms with Crippen LogP contribution < -0.4 is 0 Å². The van der Waals surface area contributed by atoms with Gasteiger partial charge in [-0.2, -0.15) is 0 Å². The van der Waals surface area contributed by atoms with Gasteiger partial charge in [0.1, 0.15) is 0 Å². The van der Waals surface area contributed by atoms with Gasteiger partial charge in [0.25, 0.3) is 0 Å². The van der Waals surface area contributed by atoms with E-state index in [2.05, 4.69) is 20.8 Å². The summed E-state index contributed by atoms with van der Waals surface area (Å²) in [7, 11) is 0. The summed E-state index contributed by atoms with van der Waals surface area (Å²) in [4.78, 5) is 24.9. The van der Waals surface area contributed by atoms with Crippen LogP contribution in [-0.4, -0.2) is 28.1 Å². The smallest absolute Gasteiger partial charge is 0.303 e. The number of carbonyl (C=O) groups is 2. The molecule has 4 unspecified atom stereocenters. The van der Waals surface area contributed by atoms with Crippen LogP contribution >= 0.6 is 0 Å². The van der Waals surface area contributed by atoms with Crippen molar-refractivity contribution < 1.29 is 19.8 Å². The summed E-state index contributed by atoms with van der Waals surface area (Å²) < 4.78 is 0. The number of hydrogen-bond donors (Lipinski definition) is 2. The number of hydrogen-bond acceptors (Lipinski definition) is 3. The molecule has 4 nitrogen and oxygen atoms in total. The van der Waals surface area contributed by atoms with Gasteiger partial charge in [0.05, 0.1) is 6.10 Å². The van der Waals surface area contributed by atoms with Crippen molar-refractivity contribution in [3.63, 3.8) is 0 Å².